The van der Waals surface area contributed by atoms with Gasteiger partial charge in [0.05, 0.1) is 0 Å². The van der Waals surface area contributed by atoms with Crippen molar-refractivity contribution < 1.29 is 23.9 Å². The monoisotopic (exact) mass is 469 g/mol. The molecule has 33 heavy (non-hydrogen) atoms. The molecule has 1 saturated heterocycles. The first-order chi connectivity index (χ1) is 15.8. The molecule has 2 aliphatic rings. The van der Waals surface area contributed by atoms with Gasteiger partial charge in [0, 0.05) is 16.1 Å². The molecular weight excluding hydrogens is 446 g/mol. The van der Waals surface area contributed by atoms with E-state index < -0.39 is 30.0 Å². The van der Waals surface area contributed by atoms with Crippen LogP contribution >= 0.6 is 11.6 Å². The number of hydrazine groups is 1. The number of hydrogen-bond acceptors (Lipinski definition) is 5. The second-order valence-electron chi connectivity index (χ2n) is 8.52. The van der Waals surface area contributed by atoms with Crippen LogP contribution in [0.2, 0.25) is 5.02 Å². The Morgan fingerprint density at radius 1 is 1.06 bits per heavy atom. The second kappa shape index (κ2) is 9.23. The van der Waals surface area contributed by atoms with Gasteiger partial charge < -0.3 is 10.1 Å². The van der Waals surface area contributed by atoms with Crippen molar-refractivity contribution in [2.24, 2.45) is 5.92 Å². The maximum absolute atomic E-state index is 12.8. The van der Waals surface area contributed by atoms with Crippen LogP contribution in [0.4, 0.5) is 4.79 Å². The molecule has 4 amide bonds. The van der Waals surface area contributed by atoms with Crippen molar-refractivity contribution in [1.29, 1.82) is 0 Å². The van der Waals surface area contributed by atoms with Crippen LogP contribution in [0.3, 0.4) is 0 Å². The molecule has 0 atom stereocenters. The summed E-state index contributed by atoms with van der Waals surface area (Å²) in [6, 6.07) is 12.3. The van der Waals surface area contributed by atoms with E-state index in [1.807, 2.05) is 0 Å². The zero-order valence-corrected chi connectivity index (χ0v) is 18.9. The molecule has 4 rings (SSSR count). The highest BCUT2D eigenvalue weighted by atomic mass is 35.5. The van der Waals surface area contributed by atoms with Crippen LogP contribution in [0.25, 0.3) is 0 Å². The minimum absolute atomic E-state index is 0.166. The number of nitrogens with zero attached hydrogens (tertiary/aromatic N) is 1. The zero-order valence-electron chi connectivity index (χ0n) is 18.1. The number of halogens is 1. The maximum atomic E-state index is 12.8. The number of carbonyl (C=O) groups excluding carboxylic acids is 4. The van der Waals surface area contributed by atoms with E-state index in [1.54, 1.807) is 48.5 Å². The molecule has 1 heterocycles. The Bertz CT molecular complexity index is 1080. The largest absolute Gasteiger partial charge is 0.484 e. The SMILES string of the molecule is CC1CCC2(CC1)NC(=O)N(NC(=O)COc1ccc(C(=O)c3ccc(Cl)cc3)cc1)C2=O. The first-order valence-corrected chi connectivity index (χ1v) is 11.1. The van der Waals surface area contributed by atoms with Crippen molar-refractivity contribution in [2.75, 3.05) is 6.61 Å². The molecule has 9 heteroatoms. The van der Waals surface area contributed by atoms with Gasteiger partial charge in [-0.25, -0.2) is 4.79 Å². The lowest BCUT2D eigenvalue weighted by Crippen LogP contribution is -2.52. The number of benzene rings is 2. The molecule has 0 aromatic heterocycles. The number of ether oxygens (including phenoxy) is 1. The number of rotatable bonds is 6. The molecular formula is C24H24ClN3O5. The van der Waals surface area contributed by atoms with Crippen LogP contribution in [0, 0.1) is 5.92 Å². The smallest absolute Gasteiger partial charge is 0.344 e. The van der Waals surface area contributed by atoms with Crippen molar-refractivity contribution in [2.45, 2.75) is 38.1 Å². The minimum Gasteiger partial charge on any atom is -0.484 e. The van der Waals surface area contributed by atoms with Crippen molar-refractivity contribution in [3.63, 3.8) is 0 Å². The molecule has 8 nitrogen and oxygen atoms in total. The lowest BCUT2D eigenvalue weighted by Gasteiger charge is -2.33. The van der Waals surface area contributed by atoms with E-state index in [0.717, 1.165) is 17.9 Å². The Morgan fingerprint density at radius 3 is 2.24 bits per heavy atom. The summed E-state index contributed by atoms with van der Waals surface area (Å²) >= 11 is 5.85. The number of urea groups is 1. The molecule has 1 saturated carbocycles. The van der Waals surface area contributed by atoms with Crippen LogP contribution in [0.1, 0.15) is 48.5 Å². The molecule has 0 radical (unpaired) electrons. The van der Waals surface area contributed by atoms with Crippen molar-refractivity contribution in [3.05, 3.63) is 64.7 Å². The summed E-state index contributed by atoms with van der Waals surface area (Å²) in [5, 5.41) is 4.04. The van der Waals surface area contributed by atoms with Crippen molar-refractivity contribution >= 4 is 35.2 Å². The summed E-state index contributed by atoms with van der Waals surface area (Å²) < 4.78 is 5.45. The van der Waals surface area contributed by atoms with E-state index in [2.05, 4.69) is 17.7 Å². The van der Waals surface area contributed by atoms with Gasteiger partial charge in [-0.05, 0) is 80.1 Å². The Morgan fingerprint density at radius 2 is 1.64 bits per heavy atom. The number of nitrogens with one attached hydrogen (secondary N) is 2. The van der Waals surface area contributed by atoms with Gasteiger partial charge in [0.1, 0.15) is 11.3 Å². The van der Waals surface area contributed by atoms with Gasteiger partial charge in [0.15, 0.2) is 12.4 Å². The molecule has 0 bridgehead atoms. The predicted octanol–water partition coefficient (Wildman–Crippen LogP) is 3.48. The fourth-order valence-electron chi connectivity index (χ4n) is 4.09. The molecule has 172 valence electrons. The number of hydrogen-bond donors (Lipinski definition) is 2. The average molecular weight is 470 g/mol. The number of amides is 4. The van der Waals surface area contributed by atoms with Crippen LogP contribution in [0.5, 0.6) is 5.75 Å². The Labute approximate surface area is 196 Å². The Balaban J connectivity index is 1.31. The highest BCUT2D eigenvalue weighted by Crippen LogP contribution is 2.35. The molecule has 0 unspecified atom stereocenters. The van der Waals surface area contributed by atoms with Crippen molar-refractivity contribution in [1.82, 2.24) is 15.8 Å². The fraction of sp³-hybridized carbons (Fsp3) is 0.333. The summed E-state index contributed by atoms with van der Waals surface area (Å²) in [6.07, 6.45) is 2.80. The average Bonchev–Trinajstić information content (AvgIpc) is 3.04. The van der Waals surface area contributed by atoms with Gasteiger partial charge in [-0.2, -0.15) is 5.01 Å². The first-order valence-electron chi connectivity index (χ1n) is 10.8. The summed E-state index contributed by atoms with van der Waals surface area (Å²) in [5.41, 5.74) is 2.37. The molecule has 2 fully saturated rings. The molecule has 2 N–H and O–H groups in total. The van der Waals surface area contributed by atoms with E-state index in [0.29, 0.717) is 40.7 Å². The minimum atomic E-state index is -0.926. The zero-order chi connectivity index (χ0) is 23.6. The van der Waals surface area contributed by atoms with E-state index in [1.165, 1.54) is 0 Å². The van der Waals surface area contributed by atoms with E-state index in [4.69, 9.17) is 16.3 Å². The third kappa shape index (κ3) is 4.85. The molecule has 1 spiro atoms. The summed E-state index contributed by atoms with van der Waals surface area (Å²) in [6.45, 7) is 1.72. The number of carbonyl (C=O) groups is 4. The van der Waals surface area contributed by atoms with Gasteiger partial charge in [0.25, 0.3) is 11.8 Å². The van der Waals surface area contributed by atoms with Crippen LogP contribution in [-0.4, -0.2) is 40.8 Å². The summed E-state index contributed by atoms with van der Waals surface area (Å²) in [5.74, 6) is -0.364. The molecule has 2 aromatic carbocycles. The molecule has 1 aliphatic heterocycles. The van der Waals surface area contributed by atoms with Gasteiger partial charge in [-0.1, -0.05) is 18.5 Å². The Kier molecular flexibility index (Phi) is 6.37. The van der Waals surface area contributed by atoms with Gasteiger partial charge in [-0.15, -0.1) is 0 Å². The van der Waals surface area contributed by atoms with Crippen LogP contribution in [0.15, 0.2) is 48.5 Å². The molecule has 2 aromatic rings. The third-order valence-electron chi connectivity index (χ3n) is 6.12. The van der Waals surface area contributed by atoms with Gasteiger partial charge >= 0.3 is 6.03 Å². The fourth-order valence-corrected chi connectivity index (χ4v) is 4.22. The van der Waals surface area contributed by atoms with Crippen LogP contribution in [-0.2, 0) is 9.59 Å². The lowest BCUT2D eigenvalue weighted by atomic mass is 9.77. The predicted molar refractivity (Wildman–Crippen MR) is 121 cm³/mol. The highest BCUT2D eigenvalue weighted by molar-refractivity contribution is 6.30. The summed E-state index contributed by atoms with van der Waals surface area (Å²) in [4.78, 5) is 49.9. The molecule has 1 aliphatic carbocycles. The standard InChI is InChI=1S/C24H24ClN3O5/c1-15-10-12-24(13-11-15)22(31)28(23(32)26-24)27-20(29)14-33-19-8-4-17(5-9-19)21(30)16-2-6-18(25)7-3-16/h2-9,15H,10-14H2,1H3,(H,26,32)(H,27,29). The van der Waals surface area contributed by atoms with E-state index in [9.17, 15) is 19.2 Å². The van der Waals surface area contributed by atoms with E-state index in [-0.39, 0.29) is 5.78 Å². The quantitative estimate of drug-likeness (QED) is 0.497. The highest BCUT2D eigenvalue weighted by Gasteiger charge is 2.52. The Hall–Kier alpha value is -3.39. The first kappa shape index (κ1) is 22.8. The summed E-state index contributed by atoms with van der Waals surface area (Å²) in [7, 11) is 0. The number of ketones is 1. The van der Waals surface area contributed by atoms with Gasteiger partial charge in [0.2, 0.25) is 0 Å². The van der Waals surface area contributed by atoms with Gasteiger partial charge in [-0.3, -0.25) is 19.8 Å². The lowest BCUT2D eigenvalue weighted by molar-refractivity contribution is -0.140. The second-order valence-corrected chi connectivity index (χ2v) is 8.96. The van der Waals surface area contributed by atoms with Crippen molar-refractivity contribution in [3.8, 4) is 5.75 Å². The number of imide groups is 1. The van der Waals surface area contributed by atoms with Crippen LogP contribution < -0.4 is 15.5 Å². The van der Waals surface area contributed by atoms with E-state index >= 15 is 0 Å². The third-order valence-corrected chi connectivity index (χ3v) is 6.37. The maximum Gasteiger partial charge on any atom is 0.344 e. The topological polar surface area (TPSA) is 105 Å². The normalized spacial score (nSPS) is 22.2.